The molecule has 0 N–H and O–H groups in total. The lowest BCUT2D eigenvalue weighted by molar-refractivity contribution is -0.117. The molecule has 0 heterocycles. The molecular weight excluding hydrogens is 252 g/mol. The molecule has 0 amide bonds. The van der Waals surface area contributed by atoms with E-state index in [0.29, 0.717) is 12.4 Å². The fourth-order valence-corrected chi connectivity index (χ4v) is 1.93. The van der Waals surface area contributed by atoms with E-state index >= 15 is 0 Å². The fraction of sp³-hybridized carbons (Fsp3) is 0.923. The van der Waals surface area contributed by atoms with Crippen LogP contribution in [0.3, 0.4) is 0 Å². The molecule has 0 saturated heterocycles. The summed E-state index contributed by atoms with van der Waals surface area (Å²) in [6.07, 6.45) is 0. The van der Waals surface area contributed by atoms with Crippen molar-refractivity contribution < 1.29 is 9.53 Å². The Balaban J connectivity index is 4.15. The number of ether oxygens (including phenoxy) is 1. The highest BCUT2D eigenvalue weighted by atomic mass is 32.2. The van der Waals surface area contributed by atoms with Crippen molar-refractivity contribution in [3.8, 4) is 0 Å². The van der Waals surface area contributed by atoms with Crippen molar-refractivity contribution in [3.63, 3.8) is 0 Å². The van der Waals surface area contributed by atoms with Gasteiger partial charge in [0.25, 0.3) is 0 Å². The average molecular weight is 278 g/mol. The standard InChI is InChI=1S/C13H26O2S2/c1-11(2,3)10(14)17-9-12(4,5)15-8-13(6,7)16/h16H,8-9H2,1-7H3. The molecule has 102 valence electrons. The highest BCUT2D eigenvalue weighted by Crippen LogP contribution is 2.27. The van der Waals surface area contributed by atoms with Crippen LogP contribution in [-0.2, 0) is 9.53 Å². The van der Waals surface area contributed by atoms with E-state index < -0.39 is 0 Å². The van der Waals surface area contributed by atoms with Crippen LogP contribution in [0.4, 0.5) is 0 Å². The number of carbonyl (C=O) groups is 1. The third-order valence-corrected chi connectivity index (χ3v) is 3.82. The lowest BCUT2D eigenvalue weighted by Crippen LogP contribution is -2.34. The molecule has 0 fully saturated rings. The molecule has 0 aliphatic carbocycles. The zero-order valence-corrected chi connectivity index (χ0v) is 13.8. The van der Waals surface area contributed by atoms with Gasteiger partial charge in [0.15, 0.2) is 5.12 Å². The minimum Gasteiger partial charge on any atom is -0.373 e. The van der Waals surface area contributed by atoms with E-state index in [1.54, 1.807) is 0 Å². The van der Waals surface area contributed by atoms with E-state index in [1.165, 1.54) is 11.8 Å². The summed E-state index contributed by atoms with van der Waals surface area (Å²) in [6, 6.07) is 0. The number of hydrogen-bond acceptors (Lipinski definition) is 4. The summed E-state index contributed by atoms with van der Waals surface area (Å²) in [6.45, 7) is 14.4. The summed E-state index contributed by atoms with van der Waals surface area (Å²) in [5, 5.41) is 0.208. The van der Waals surface area contributed by atoms with Gasteiger partial charge in [0, 0.05) is 15.9 Å². The molecule has 0 rings (SSSR count). The number of thioether (sulfide) groups is 1. The van der Waals surface area contributed by atoms with E-state index in [4.69, 9.17) is 4.74 Å². The molecular formula is C13H26O2S2. The molecule has 4 heteroatoms. The van der Waals surface area contributed by atoms with E-state index in [2.05, 4.69) is 12.6 Å². The Bertz CT molecular complexity index is 260. The maximum atomic E-state index is 11.8. The van der Waals surface area contributed by atoms with Crippen molar-refractivity contribution in [2.24, 2.45) is 5.41 Å². The quantitative estimate of drug-likeness (QED) is 0.775. The molecule has 0 saturated carbocycles. The summed E-state index contributed by atoms with van der Waals surface area (Å²) < 4.78 is 5.66. The predicted octanol–water partition coefficient (Wildman–Crippen LogP) is 3.80. The molecule has 0 aliphatic rings. The van der Waals surface area contributed by atoms with Gasteiger partial charge in [-0.05, 0) is 27.7 Å². The Morgan fingerprint density at radius 2 is 1.59 bits per heavy atom. The summed E-state index contributed by atoms with van der Waals surface area (Å²) in [5.41, 5.74) is -0.588. The van der Waals surface area contributed by atoms with E-state index in [9.17, 15) is 4.79 Å². The van der Waals surface area contributed by atoms with Gasteiger partial charge >= 0.3 is 0 Å². The van der Waals surface area contributed by atoms with Crippen molar-refractivity contribution in [2.75, 3.05) is 12.4 Å². The van der Waals surface area contributed by atoms with Gasteiger partial charge in [-0.1, -0.05) is 32.5 Å². The van der Waals surface area contributed by atoms with Crippen LogP contribution in [0, 0.1) is 5.41 Å². The van der Waals surface area contributed by atoms with Gasteiger partial charge in [-0.3, -0.25) is 4.79 Å². The summed E-state index contributed by atoms with van der Waals surface area (Å²) in [4.78, 5) is 11.8. The van der Waals surface area contributed by atoms with Crippen LogP contribution in [0.1, 0.15) is 48.5 Å². The minimum absolute atomic E-state index is 0.143. The maximum Gasteiger partial charge on any atom is 0.194 e. The third-order valence-electron chi connectivity index (χ3n) is 1.98. The summed E-state index contributed by atoms with van der Waals surface area (Å²) in [5.74, 6) is 0.674. The second-order valence-electron chi connectivity index (χ2n) is 6.69. The lowest BCUT2D eigenvalue weighted by atomic mass is 10.00. The highest BCUT2D eigenvalue weighted by Gasteiger charge is 2.27. The van der Waals surface area contributed by atoms with Crippen LogP contribution in [0.25, 0.3) is 0 Å². The Kier molecular flexibility index (Phi) is 6.10. The van der Waals surface area contributed by atoms with E-state index in [0.717, 1.165) is 0 Å². The summed E-state index contributed by atoms with van der Waals surface area (Å²) in [7, 11) is 0. The summed E-state index contributed by atoms with van der Waals surface area (Å²) >= 11 is 5.77. The van der Waals surface area contributed by atoms with Crippen molar-refractivity contribution in [1.82, 2.24) is 0 Å². The zero-order valence-electron chi connectivity index (χ0n) is 12.1. The first-order valence-corrected chi connectivity index (χ1v) is 7.30. The Labute approximate surface area is 116 Å². The van der Waals surface area contributed by atoms with E-state index in [-0.39, 0.29) is 20.9 Å². The predicted molar refractivity (Wildman–Crippen MR) is 80.0 cm³/mol. The topological polar surface area (TPSA) is 26.3 Å². The molecule has 0 aromatic heterocycles. The largest absolute Gasteiger partial charge is 0.373 e. The van der Waals surface area contributed by atoms with Crippen LogP contribution in [0.5, 0.6) is 0 Å². The van der Waals surface area contributed by atoms with E-state index in [1.807, 2.05) is 48.5 Å². The van der Waals surface area contributed by atoms with Crippen molar-refractivity contribution in [2.45, 2.75) is 58.8 Å². The second kappa shape index (κ2) is 5.98. The van der Waals surface area contributed by atoms with Crippen LogP contribution in [0.2, 0.25) is 0 Å². The molecule has 2 nitrogen and oxygen atoms in total. The Morgan fingerprint density at radius 1 is 1.12 bits per heavy atom. The first-order chi connectivity index (χ1) is 7.33. The van der Waals surface area contributed by atoms with Crippen molar-refractivity contribution in [3.05, 3.63) is 0 Å². The van der Waals surface area contributed by atoms with Crippen molar-refractivity contribution in [1.29, 1.82) is 0 Å². The Hall–Kier alpha value is 0.330. The number of rotatable bonds is 5. The highest BCUT2D eigenvalue weighted by molar-refractivity contribution is 8.13. The van der Waals surface area contributed by atoms with Crippen LogP contribution in [-0.4, -0.2) is 27.8 Å². The molecule has 0 radical (unpaired) electrons. The SMILES string of the molecule is CC(C)(S)COC(C)(C)CSC(=O)C(C)(C)C. The zero-order chi connectivity index (χ0) is 13.9. The Morgan fingerprint density at radius 3 is 1.94 bits per heavy atom. The molecule has 0 unspecified atom stereocenters. The smallest absolute Gasteiger partial charge is 0.194 e. The average Bonchev–Trinajstić information content (AvgIpc) is 2.09. The van der Waals surface area contributed by atoms with Gasteiger partial charge < -0.3 is 4.74 Å². The minimum atomic E-state index is -0.300. The first-order valence-electron chi connectivity index (χ1n) is 5.87. The van der Waals surface area contributed by atoms with Gasteiger partial charge in [0.05, 0.1) is 12.2 Å². The monoisotopic (exact) mass is 278 g/mol. The lowest BCUT2D eigenvalue weighted by Gasteiger charge is -2.29. The third kappa shape index (κ3) is 8.97. The molecule has 0 spiro atoms. The molecule has 0 aliphatic heterocycles. The number of carbonyl (C=O) groups excluding carboxylic acids is 1. The molecule has 0 aromatic carbocycles. The van der Waals surface area contributed by atoms with Crippen LogP contribution >= 0.6 is 24.4 Å². The van der Waals surface area contributed by atoms with Crippen LogP contribution in [0.15, 0.2) is 0 Å². The number of hydrogen-bond donors (Lipinski definition) is 1. The van der Waals surface area contributed by atoms with Gasteiger partial charge in [-0.2, -0.15) is 12.6 Å². The van der Waals surface area contributed by atoms with Gasteiger partial charge in [0.2, 0.25) is 0 Å². The van der Waals surface area contributed by atoms with Gasteiger partial charge in [-0.25, -0.2) is 0 Å². The number of thiol groups is 1. The maximum absolute atomic E-state index is 11.8. The molecule has 0 aromatic rings. The molecule has 17 heavy (non-hydrogen) atoms. The first kappa shape index (κ1) is 17.3. The van der Waals surface area contributed by atoms with Crippen LogP contribution < -0.4 is 0 Å². The normalized spacial score (nSPS) is 13.9. The second-order valence-corrected chi connectivity index (χ2v) is 8.85. The van der Waals surface area contributed by atoms with Gasteiger partial charge in [-0.15, -0.1) is 0 Å². The molecule has 0 bridgehead atoms. The fourth-order valence-electron chi connectivity index (χ4n) is 0.870. The van der Waals surface area contributed by atoms with Gasteiger partial charge in [0.1, 0.15) is 0 Å². The van der Waals surface area contributed by atoms with Crippen molar-refractivity contribution >= 4 is 29.5 Å². The molecule has 0 atom stereocenters.